The van der Waals surface area contributed by atoms with E-state index in [0.717, 1.165) is 11.1 Å². The van der Waals surface area contributed by atoms with Gasteiger partial charge in [0.05, 0.1) is 11.9 Å². The van der Waals surface area contributed by atoms with Crippen LogP contribution in [0.3, 0.4) is 0 Å². The first-order valence-electron chi connectivity index (χ1n) is 9.38. The molecule has 1 heterocycles. The van der Waals surface area contributed by atoms with Gasteiger partial charge in [-0.15, -0.1) is 0 Å². The van der Waals surface area contributed by atoms with Crippen LogP contribution in [0.2, 0.25) is 10.0 Å². The Hall–Kier alpha value is -3.32. The minimum Gasteiger partial charge on any atom is -0.457 e. The molecule has 0 amide bonds. The van der Waals surface area contributed by atoms with Crippen LogP contribution in [0, 0.1) is 0 Å². The Kier molecular flexibility index (Phi) is 6.84. The van der Waals surface area contributed by atoms with Gasteiger partial charge in [0.25, 0.3) is 0 Å². The summed E-state index contributed by atoms with van der Waals surface area (Å²) in [5, 5.41) is 5.43. The largest absolute Gasteiger partial charge is 0.457 e. The zero-order valence-corrected chi connectivity index (χ0v) is 17.8. The molecule has 1 N–H and O–H groups in total. The molecule has 0 bridgehead atoms. The minimum atomic E-state index is 0.298. The second-order valence-corrected chi connectivity index (χ2v) is 7.32. The molecule has 0 aliphatic heterocycles. The molecule has 156 valence electrons. The highest BCUT2D eigenvalue weighted by Crippen LogP contribution is 2.25. The molecule has 31 heavy (non-hydrogen) atoms. The van der Waals surface area contributed by atoms with E-state index in [0.29, 0.717) is 33.8 Å². The van der Waals surface area contributed by atoms with E-state index in [1.54, 1.807) is 29.3 Å². The van der Waals surface area contributed by atoms with Gasteiger partial charge in [-0.2, -0.15) is 5.10 Å². The Balaban J connectivity index is 1.48. The lowest BCUT2D eigenvalue weighted by atomic mass is 10.1. The molecule has 0 fully saturated rings. The van der Waals surface area contributed by atoms with Gasteiger partial charge in [0, 0.05) is 15.6 Å². The molecular formula is C23H18Cl2N4O2. The van der Waals surface area contributed by atoms with E-state index in [-0.39, 0.29) is 0 Å². The van der Waals surface area contributed by atoms with Crippen molar-refractivity contribution < 1.29 is 9.57 Å². The lowest BCUT2D eigenvalue weighted by molar-refractivity contribution is 0.0649. The number of ether oxygens (including phenoxy) is 1. The van der Waals surface area contributed by atoms with E-state index in [4.69, 9.17) is 32.8 Å². The average Bonchev–Trinajstić information content (AvgIpc) is 3.30. The summed E-state index contributed by atoms with van der Waals surface area (Å²) in [5.41, 5.74) is 5.43. The van der Waals surface area contributed by atoms with Gasteiger partial charge in [-0.1, -0.05) is 41.4 Å². The van der Waals surface area contributed by atoms with Gasteiger partial charge in [-0.25, -0.2) is 9.67 Å². The highest BCUT2D eigenvalue weighted by Gasteiger charge is 2.06. The van der Waals surface area contributed by atoms with E-state index >= 15 is 0 Å². The Bertz CT molecular complexity index is 1150. The summed E-state index contributed by atoms with van der Waals surface area (Å²) in [7, 11) is 0. The van der Waals surface area contributed by atoms with E-state index < -0.39 is 0 Å². The number of hydrogen-bond acceptors (Lipinski definition) is 5. The Labute approximate surface area is 189 Å². The Morgan fingerprint density at radius 1 is 0.935 bits per heavy atom. The van der Waals surface area contributed by atoms with Gasteiger partial charge >= 0.3 is 0 Å². The first-order chi connectivity index (χ1) is 15.2. The molecule has 6 nitrogen and oxygen atoms in total. The fraction of sp³-hybridized carbons (Fsp3) is 0.0435. The SMILES string of the molecule is Clc1ccc(Oc2ccc(C(=Cn3cncn3)NOCc3ccccc3Cl)cc2)cc1. The lowest BCUT2D eigenvalue weighted by Gasteiger charge is -2.13. The smallest absolute Gasteiger partial charge is 0.138 e. The van der Waals surface area contributed by atoms with Crippen LogP contribution < -0.4 is 10.2 Å². The summed E-state index contributed by atoms with van der Waals surface area (Å²) in [6, 6.07) is 22.3. The van der Waals surface area contributed by atoms with Crippen LogP contribution >= 0.6 is 23.2 Å². The molecule has 1 aromatic heterocycles. The molecule has 4 aromatic rings. The van der Waals surface area contributed by atoms with Gasteiger partial charge in [0.2, 0.25) is 0 Å². The zero-order valence-electron chi connectivity index (χ0n) is 16.3. The Morgan fingerprint density at radius 2 is 1.65 bits per heavy atom. The van der Waals surface area contributed by atoms with Crippen LogP contribution in [-0.4, -0.2) is 14.8 Å². The third kappa shape index (κ3) is 5.86. The minimum absolute atomic E-state index is 0.298. The second kappa shape index (κ2) is 10.1. The van der Waals surface area contributed by atoms with E-state index in [9.17, 15) is 0 Å². The standard InChI is InChI=1S/C23H18Cl2N4O2/c24-19-7-11-21(12-8-19)31-20-9-5-17(6-10-20)23(13-29-16-26-15-27-29)28-30-14-18-3-1-2-4-22(18)25/h1-13,15-16,28H,14H2. The molecule has 3 aromatic carbocycles. The van der Waals surface area contributed by atoms with Crippen molar-refractivity contribution in [3.8, 4) is 11.5 Å². The van der Waals surface area contributed by atoms with Crippen molar-refractivity contribution in [1.82, 2.24) is 20.2 Å². The number of benzene rings is 3. The molecule has 0 aliphatic carbocycles. The monoisotopic (exact) mass is 452 g/mol. The molecule has 0 aliphatic rings. The third-order valence-corrected chi connectivity index (χ3v) is 4.90. The normalized spacial score (nSPS) is 11.4. The van der Waals surface area contributed by atoms with Gasteiger partial charge in [-0.3, -0.25) is 10.3 Å². The summed E-state index contributed by atoms with van der Waals surface area (Å²) >= 11 is 12.1. The molecule has 4 rings (SSSR count). The van der Waals surface area contributed by atoms with Crippen molar-refractivity contribution in [2.45, 2.75) is 6.61 Å². The average molecular weight is 453 g/mol. The molecule has 0 saturated carbocycles. The van der Waals surface area contributed by atoms with Crippen molar-refractivity contribution in [3.05, 3.63) is 107 Å². The van der Waals surface area contributed by atoms with Crippen molar-refractivity contribution in [2.75, 3.05) is 0 Å². The van der Waals surface area contributed by atoms with Crippen molar-refractivity contribution in [3.63, 3.8) is 0 Å². The van der Waals surface area contributed by atoms with Crippen LogP contribution in [-0.2, 0) is 11.4 Å². The summed E-state index contributed by atoms with van der Waals surface area (Å²) in [6.07, 6.45) is 4.82. The van der Waals surface area contributed by atoms with Gasteiger partial charge in [0.1, 0.15) is 30.8 Å². The van der Waals surface area contributed by atoms with Gasteiger partial charge in [-0.05, 0) is 60.2 Å². The molecule has 0 atom stereocenters. The van der Waals surface area contributed by atoms with Crippen molar-refractivity contribution >= 4 is 35.1 Å². The van der Waals surface area contributed by atoms with E-state index in [1.165, 1.54) is 6.33 Å². The van der Waals surface area contributed by atoms with Crippen molar-refractivity contribution in [1.29, 1.82) is 0 Å². The number of hydroxylamine groups is 1. The second-order valence-electron chi connectivity index (χ2n) is 6.48. The maximum Gasteiger partial charge on any atom is 0.138 e. The maximum absolute atomic E-state index is 6.20. The summed E-state index contributed by atoms with van der Waals surface area (Å²) < 4.78 is 7.44. The Morgan fingerprint density at radius 3 is 2.32 bits per heavy atom. The highest BCUT2D eigenvalue weighted by molar-refractivity contribution is 6.31. The predicted octanol–water partition coefficient (Wildman–Crippen LogP) is 6.05. The van der Waals surface area contributed by atoms with E-state index in [1.807, 2.05) is 60.7 Å². The number of halogens is 2. The third-order valence-electron chi connectivity index (χ3n) is 4.28. The summed E-state index contributed by atoms with van der Waals surface area (Å²) in [5.74, 6) is 1.40. The molecule has 8 heteroatoms. The van der Waals surface area contributed by atoms with E-state index in [2.05, 4.69) is 15.6 Å². The fourth-order valence-corrected chi connectivity index (χ4v) is 3.04. The van der Waals surface area contributed by atoms with Crippen LogP contribution in [0.1, 0.15) is 11.1 Å². The summed E-state index contributed by atoms with van der Waals surface area (Å²) in [4.78, 5) is 9.66. The lowest BCUT2D eigenvalue weighted by Crippen LogP contribution is -2.14. The number of aromatic nitrogens is 3. The molecule has 0 radical (unpaired) electrons. The number of nitrogens with one attached hydrogen (secondary N) is 1. The van der Waals surface area contributed by atoms with Gasteiger partial charge in [0.15, 0.2) is 0 Å². The maximum atomic E-state index is 6.20. The van der Waals surface area contributed by atoms with Crippen LogP contribution in [0.25, 0.3) is 11.9 Å². The van der Waals surface area contributed by atoms with Crippen molar-refractivity contribution in [2.24, 2.45) is 0 Å². The molecule has 0 saturated heterocycles. The quantitative estimate of drug-likeness (QED) is 0.329. The predicted molar refractivity (Wildman–Crippen MR) is 122 cm³/mol. The van der Waals surface area contributed by atoms with Crippen LogP contribution in [0.5, 0.6) is 11.5 Å². The number of rotatable bonds is 8. The first-order valence-corrected chi connectivity index (χ1v) is 10.1. The molecular weight excluding hydrogens is 435 g/mol. The molecule has 0 unspecified atom stereocenters. The summed E-state index contributed by atoms with van der Waals surface area (Å²) in [6.45, 7) is 0.298. The zero-order chi connectivity index (χ0) is 21.5. The van der Waals surface area contributed by atoms with Gasteiger partial charge < -0.3 is 4.74 Å². The van der Waals surface area contributed by atoms with Crippen LogP contribution in [0.15, 0.2) is 85.5 Å². The number of nitrogens with zero attached hydrogens (tertiary/aromatic N) is 3. The van der Waals surface area contributed by atoms with Crippen LogP contribution in [0.4, 0.5) is 0 Å². The first kappa shape index (κ1) is 20.9. The highest BCUT2D eigenvalue weighted by atomic mass is 35.5. The number of hydrogen-bond donors (Lipinski definition) is 1. The fourth-order valence-electron chi connectivity index (χ4n) is 2.72. The molecule has 0 spiro atoms. The topological polar surface area (TPSA) is 61.2 Å².